The highest BCUT2D eigenvalue weighted by Gasteiger charge is 2.05. The van der Waals surface area contributed by atoms with Gasteiger partial charge >= 0.3 is 0 Å². The normalized spacial score (nSPS) is 10.6. The Labute approximate surface area is 102 Å². The molecule has 0 aliphatic heterocycles. The third-order valence-electron chi connectivity index (χ3n) is 2.03. The molecule has 0 aromatic carbocycles. The Morgan fingerprint density at radius 2 is 2.19 bits per heavy atom. The molecule has 1 N–H and O–H groups in total. The number of nitrogens with zero attached hydrogens (tertiary/aromatic N) is 3. The highest BCUT2D eigenvalue weighted by atomic mass is 32.2. The Kier molecular flexibility index (Phi) is 3.40. The van der Waals surface area contributed by atoms with Gasteiger partial charge in [0.05, 0.1) is 0 Å². The second-order valence-corrected chi connectivity index (χ2v) is 5.29. The Hall–Kier alpha value is -1.14. The first-order valence-corrected chi connectivity index (χ1v) is 6.48. The van der Waals surface area contributed by atoms with Crippen molar-refractivity contribution in [3.63, 3.8) is 0 Å². The molecule has 0 aliphatic carbocycles. The van der Waals surface area contributed by atoms with Gasteiger partial charge in [0.2, 0.25) is 5.88 Å². The maximum Gasteiger partial charge on any atom is 0.215 e. The third-order valence-corrected chi connectivity index (χ3v) is 3.67. The van der Waals surface area contributed by atoms with Gasteiger partial charge in [-0.3, -0.25) is 0 Å². The van der Waals surface area contributed by atoms with Crippen molar-refractivity contribution < 1.29 is 5.11 Å². The molecule has 2 rings (SSSR count). The van der Waals surface area contributed by atoms with Crippen molar-refractivity contribution in [1.82, 2.24) is 14.3 Å². The zero-order valence-corrected chi connectivity index (χ0v) is 10.6. The van der Waals surface area contributed by atoms with Crippen LogP contribution in [-0.2, 0) is 5.75 Å². The van der Waals surface area contributed by atoms with Crippen LogP contribution >= 0.6 is 23.3 Å². The summed E-state index contributed by atoms with van der Waals surface area (Å²) in [5.74, 6) is 0.806. The lowest BCUT2D eigenvalue weighted by atomic mass is 10.3. The summed E-state index contributed by atoms with van der Waals surface area (Å²) in [5.41, 5.74) is 1.97. The smallest absolute Gasteiger partial charge is 0.215 e. The van der Waals surface area contributed by atoms with Gasteiger partial charge in [-0.25, -0.2) is 9.36 Å². The molecule has 0 fully saturated rings. The second kappa shape index (κ2) is 4.80. The largest absolute Gasteiger partial charge is 0.493 e. The topological polar surface area (TPSA) is 58.9 Å². The summed E-state index contributed by atoms with van der Waals surface area (Å²) in [6.07, 6.45) is 1.86. The fourth-order valence-corrected chi connectivity index (χ4v) is 2.80. The average Bonchev–Trinajstić information content (AvgIpc) is 2.59. The molecule has 6 heteroatoms. The Balaban J connectivity index is 2.07. The van der Waals surface area contributed by atoms with Crippen molar-refractivity contribution >= 4 is 23.3 Å². The van der Waals surface area contributed by atoms with Crippen molar-refractivity contribution in [2.24, 2.45) is 0 Å². The lowest BCUT2D eigenvalue weighted by molar-refractivity contribution is 0.444. The number of rotatable bonds is 3. The highest BCUT2D eigenvalue weighted by molar-refractivity contribution is 7.98. The van der Waals surface area contributed by atoms with Gasteiger partial charge in [0.25, 0.3) is 0 Å². The average molecular weight is 253 g/mol. The maximum atomic E-state index is 9.33. The van der Waals surface area contributed by atoms with Crippen molar-refractivity contribution in [1.29, 1.82) is 0 Å². The lowest BCUT2D eigenvalue weighted by Crippen LogP contribution is -1.90. The van der Waals surface area contributed by atoms with Gasteiger partial charge in [0.1, 0.15) is 0 Å². The number of aromatic nitrogens is 3. The summed E-state index contributed by atoms with van der Waals surface area (Å²) in [7, 11) is 0. The minimum atomic E-state index is 0.0233. The molecule has 2 aromatic heterocycles. The van der Waals surface area contributed by atoms with Gasteiger partial charge in [-0.05, 0) is 30.9 Å². The molecule has 0 atom stereocenters. The molecule has 2 aromatic rings. The summed E-state index contributed by atoms with van der Waals surface area (Å²) in [5, 5.41) is 9.93. The van der Waals surface area contributed by atoms with E-state index in [0.717, 1.165) is 11.4 Å². The molecule has 0 saturated carbocycles. The quantitative estimate of drug-likeness (QED) is 0.673. The van der Waals surface area contributed by atoms with Crippen LogP contribution < -0.4 is 0 Å². The molecule has 0 spiro atoms. The van der Waals surface area contributed by atoms with E-state index in [1.807, 2.05) is 20.0 Å². The van der Waals surface area contributed by atoms with E-state index in [0.29, 0.717) is 5.16 Å². The maximum absolute atomic E-state index is 9.33. The minimum Gasteiger partial charge on any atom is -0.493 e. The molecule has 0 saturated heterocycles. The van der Waals surface area contributed by atoms with Crippen LogP contribution in [0, 0.1) is 13.8 Å². The van der Waals surface area contributed by atoms with Crippen LogP contribution in [0.1, 0.15) is 16.1 Å². The molecule has 4 nitrogen and oxygen atoms in total. The predicted molar refractivity (Wildman–Crippen MR) is 64.8 cm³/mol. The van der Waals surface area contributed by atoms with Gasteiger partial charge in [-0.1, -0.05) is 11.8 Å². The zero-order valence-electron chi connectivity index (χ0n) is 8.97. The fraction of sp³-hybridized carbons (Fsp3) is 0.300. The van der Waals surface area contributed by atoms with Gasteiger partial charge < -0.3 is 5.11 Å². The van der Waals surface area contributed by atoms with Crippen molar-refractivity contribution in [2.45, 2.75) is 24.8 Å². The second-order valence-electron chi connectivity index (χ2n) is 3.35. The summed E-state index contributed by atoms with van der Waals surface area (Å²) in [6.45, 7) is 3.88. The third kappa shape index (κ3) is 2.70. The molecule has 2 heterocycles. The first kappa shape index (κ1) is 11.3. The van der Waals surface area contributed by atoms with E-state index in [1.165, 1.54) is 33.7 Å². The zero-order chi connectivity index (χ0) is 11.5. The predicted octanol–water partition coefficient (Wildman–Crippen LogP) is 2.55. The van der Waals surface area contributed by atoms with Crippen molar-refractivity contribution in [3.8, 4) is 5.88 Å². The van der Waals surface area contributed by atoms with E-state index < -0.39 is 0 Å². The summed E-state index contributed by atoms with van der Waals surface area (Å²) in [6, 6.07) is 1.54. The van der Waals surface area contributed by atoms with E-state index in [-0.39, 0.29) is 5.88 Å². The molecule has 0 amide bonds. The van der Waals surface area contributed by atoms with Crippen LogP contribution in [0.3, 0.4) is 0 Å². The van der Waals surface area contributed by atoms with Gasteiger partial charge in [-0.2, -0.15) is 4.98 Å². The highest BCUT2D eigenvalue weighted by Crippen LogP contribution is 2.24. The van der Waals surface area contributed by atoms with E-state index in [9.17, 15) is 5.11 Å². The molecule has 84 valence electrons. The molecule has 16 heavy (non-hydrogen) atoms. The first-order valence-electron chi connectivity index (χ1n) is 4.73. The van der Waals surface area contributed by atoms with Crippen LogP contribution in [0.2, 0.25) is 0 Å². The Bertz CT molecular complexity index is 478. The Morgan fingerprint density at radius 1 is 1.38 bits per heavy atom. The van der Waals surface area contributed by atoms with Crippen LogP contribution in [0.15, 0.2) is 17.4 Å². The van der Waals surface area contributed by atoms with Gasteiger partial charge in [-0.15, -0.1) is 0 Å². The monoisotopic (exact) mass is 253 g/mol. The van der Waals surface area contributed by atoms with Crippen molar-refractivity contribution in [2.75, 3.05) is 0 Å². The number of hydrogen-bond acceptors (Lipinski definition) is 6. The molecule has 0 aliphatic rings. The summed E-state index contributed by atoms with van der Waals surface area (Å²) < 4.78 is 4.11. The van der Waals surface area contributed by atoms with E-state index in [1.54, 1.807) is 6.07 Å². The number of hydrogen-bond donors (Lipinski definition) is 1. The number of thioether (sulfide) groups is 1. The van der Waals surface area contributed by atoms with Crippen molar-refractivity contribution in [3.05, 3.63) is 28.4 Å². The SMILES string of the molecule is Cc1cc(O)nc(SCc2cnsc2C)n1. The van der Waals surface area contributed by atoms with Crippen LogP contribution in [0.5, 0.6) is 5.88 Å². The molecule has 0 radical (unpaired) electrons. The summed E-state index contributed by atoms with van der Waals surface area (Å²) >= 11 is 3.00. The van der Waals surface area contributed by atoms with Gasteiger partial charge in [0.15, 0.2) is 5.16 Å². The number of aryl methyl sites for hydroxylation is 2. The van der Waals surface area contributed by atoms with Crippen LogP contribution in [0.4, 0.5) is 0 Å². The van der Waals surface area contributed by atoms with E-state index in [2.05, 4.69) is 14.3 Å². The lowest BCUT2D eigenvalue weighted by Gasteiger charge is -2.01. The Morgan fingerprint density at radius 3 is 2.81 bits per heavy atom. The molecular weight excluding hydrogens is 242 g/mol. The van der Waals surface area contributed by atoms with Crippen LogP contribution in [0.25, 0.3) is 0 Å². The standard InChI is InChI=1S/C10H11N3OS2/c1-6-3-9(14)13-10(12-6)15-5-8-4-11-16-7(8)2/h3-4H,5H2,1-2H3,(H,12,13,14). The fourth-order valence-electron chi connectivity index (χ4n) is 1.19. The van der Waals surface area contributed by atoms with E-state index >= 15 is 0 Å². The van der Waals surface area contributed by atoms with Gasteiger partial charge in [0, 0.05) is 28.6 Å². The van der Waals surface area contributed by atoms with Crippen LogP contribution in [-0.4, -0.2) is 19.4 Å². The summed E-state index contributed by atoms with van der Waals surface area (Å²) in [4.78, 5) is 9.40. The molecule has 0 bridgehead atoms. The molecular formula is C10H11N3OS2. The first-order chi connectivity index (χ1) is 7.65. The molecule has 0 unspecified atom stereocenters. The van der Waals surface area contributed by atoms with E-state index in [4.69, 9.17) is 0 Å². The number of aromatic hydroxyl groups is 1. The minimum absolute atomic E-state index is 0.0233.